The summed E-state index contributed by atoms with van der Waals surface area (Å²) in [6.07, 6.45) is 1.06. The minimum atomic E-state index is -0.764. The summed E-state index contributed by atoms with van der Waals surface area (Å²) in [5.74, 6) is 0.0564. The van der Waals surface area contributed by atoms with E-state index in [-0.39, 0.29) is 11.8 Å². The first-order valence-electron chi connectivity index (χ1n) is 9.67. The largest absolute Gasteiger partial charge is 0.479 e. The van der Waals surface area contributed by atoms with Crippen LogP contribution in [-0.2, 0) is 4.79 Å². The molecule has 2 amide bonds. The Morgan fingerprint density at radius 3 is 2.21 bits per heavy atom. The Kier molecular flexibility index (Phi) is 8.80. The molecular weight excluding hydrogens is 411 g/mol. The summed E-state index contributed by atoms with van der Waals surface area (Å²) in [5.41, 5.74) is 1.18. The topological polar surface area (TPSA) is 58.6 Å². The Morgan fingerprint density at radius 2 is 1.66 bits per heavy atom. The molecule has 0 saturated heterocycles. The quantitative estimate of drug-likeness (QED) is 0.551. The van der Waals surface area contributed by atoms with E-state index in [2.05, 4.69) is 19.2 Å². The van der Waals surface area contributed by atoms with Gasteiger partial charge in [-0.1, -0.05) is 37.0 Å². The van der Waals surface area contributed by atoms with Crippen LogP contribution in [0, 0.1) is 0 Å². The molecule has 29 heavy (non-hydrogen) atoms. The molecule has 0 fully saturated rings. The Morgan fingerprint density at radius 1 is 1.03 bits per heavy atom. The van der Waals surface area contributed by atoms with Crippen LogP contribution in [0.1, 0.15) is 44.0 Å². The van der Waals surface area contributed by atoms with E-state index in [1.807, 2.05) is 4.90 Å². The van der Waals surface area contributed by atoms with Crippen molar-refractivity contribution in [3.05, 3.63) is 58.1 Å². The highest BCUT2D eigenvalue weighted by Gasteiger charge is 2.18. The van der Waals surface area contributed by atoms with Crippen LogP contribution in [-0.4, -0.2) is 35.9 Å². The van der Waals surface area contributed by atoms with E-state index in [1.54, 1.807) is 49.4 Å². The average Bonchev–Trinajstić information content (AvgIpc) is 2.70. The number of hydrogen-bond donors (Lipinski definition) is 1. The number of halogens is 2. The lowest BCUT2D eigenvalue weighted by molar-refractivity contribution is -0.122. The van der Waals surface area contributed by atoms with Gasteiger partial charge in [-0.3, -0.25) is 9.59 Å². The standard InChI is InChI=1S/C22H26Cl2N2O3/c1-4-12-26(13-5-2)22(28)16-6-9-18(10-7-16)25-21(27)15(3)29-20-11-8-17(23)14-19(20)24/h6-11,14-15H,4-5,12-13H2,1-3H3,(H,25,27). The molecule has 1 unspecified atom stereocenters. The second-order valence-corrected chi connectivity index (χ2v) is 7.54. The molecule has 2 aromatic rings. The molecule has 2 rings (SSSR count). The van der Waals surface area contributed by atoms with E-state index >= 15 is 0 Å². The number of hydrogen-bond acceptors (Lipinski definition) is 3. The number of carbonyl (C=O) groups is 2. The van der Waals surface area contributed by atoms with E-state index in [4.69, 9.17) is 27.9 Å². The molecule has 0 heterocycles. The lowest BCUT2D eigenvalue weighted by atomic mass is 10.1. The van der Waals surface area contributed by atoms with Gasteiger partial charge in [0, 0.05) is 29.4 Å². The maximum Gasteiger partial charge on any atom is 0.265 e. The van der Waals surface area contributed by atoms with Crippen LogP contribution in [0.4, 0.5) is 5.69 Å². The van der Waals surface area contributed by atoms with Gasteiger partial charge in [0.2, 0.25) is 0 Å². The fourth-order valence-electron chi connectivity index (χ4n) is 2.79. The van der Waals surface area contributed by atoms with E-state index in [1.165, 1.54) is 0 Å². The fraction of sp³-hybridized carbons (Fsp3) is 0.364. The SMILES string of the molecule is CCCN(CCC)C(=O)c1ccc(NC(=O)C(C)Oc2ccc(Cl)cc2Cl)cc1. The predicted molar refractivity (Wildman–Crippen MR) is 118 cm³/mol. The summed E-state index contributed by atoms with van der Waals surface area (Å²) >= 11 is 11.9. The van der Waals surface area contributed by atoms with Gasteiger partial charge in [-0.2, -0.15) is 0 Å². The van der Waals surface area contributed by atoms with Crippen LogP contribution in [0.2, 0.25) is 10.0 Å². The summed E-state index contributed by atoms with van der Waals surface area (Å²) in [5, 5.41) is 3.61. The minimum absolute atomic E-state index is 0.000609. The molecule has 0 saturated carbocycles. The van der Waals surface area contributed by atoms with Crippen molar-refractivity contribution in [1.29, 1.82) is 0 Å². The highest BCUT2D eigenvalue weighted by atomic mass is 35.5. The molecule has 2 aromatic carbocycles. The van der Waals surface area contributed by atoms with Gasteiger partial charge < -0.3 is 15.0 Å². The Balaban J connectivity index is 1.99. The first-order valence-corrected chi connectivity index (χ1v) is 10.4. The molecule has 5 nitrogen and oxygen atoms in total. The molecule has 0 aliphatic carbocycles. The predicted octanol–water partition coefficient (Wildman–Crippen LogP) is 5.66. The van der Waals surface area contributed by atoms with Crippen molar-refractivity contribution in [3.63, 3.8) is 0 Å². The zero-order chi connectivity index (χ0) is 21.4. The van der Waals surface area contributed by atoms with E-state index in [0.29, 0.717) is 27.0 Å². The zero-order valence-electron chi connectivity index (χ0n) is 16.9. The van der Waals surface area contributed by atoms with Crippen molar-refractivity contribution in [2.24, 2.45) is 0 Å². The molecule has 0 aromatic heterocycles. The second-order valence-electron chi connectivity index (χ2n) is 6.69. The molecule has 0 aliphatic heterocycles. The Bertz CT molecular complexity index is 834. The molecule has 7 heteroatoms. The lowest BCUT2D eigenvalue weighted by Crippen LogP contribution is -2.32. The number of benzene rings is 2. The third-order valence-electron chi connectivity index (χ3n) is 4.24. The lowest BCUT2D eigenvalue weighted by Gasteiger charge is -2.21. The molecule has 156 valence electrons. The van der Waals surface area contributed by atoms with Crippen LogP contribution >= 0.6 is 23.2 Å². The summed E-state index contributed by atoms with van der Waals surface area (Å²) < 4.78 is 5.62. The number of anilines is 1. The van der Waals surface area contributed by atoms with Crippen molar-refractivity contribution in [3.8, 4) is 5.75 Å². The molecule has 1 atom stereocenters. The van der Waals surface area contributed by atoms with Gasteiger partial charge in [-0.15, -0.1) is 0 Å². The van der Waals surface area contributed by atoms with Crippen LogP contribution < -0.4 is 10.1 Å². The third kappa shape index (κ3) is 6.65. The zero-order valence-corrected chi connectivity index (χ0v) is 18.4. The van der Waals surface area contributed by atoms with Crippen molar-refractivity contribution in [2.75, 3.05) is 18.4 Å². The van der Waals surface area contributed by atoms with Gasteiger partial charge in [-0.05, 0) is 62.2 Å². The summed E-state index contributed by atoms with van der Waals surface area (Å²) in [4.78, 5) is 26.9. The molecule has 0 bridgehead atoms. The summed E-state index contributed by atoms with van der Waals surface area (Å²) in [7, 11) is 0. The number of carbonyl (C=O) groups excluding carboxylic acids is 2. The maximum atomic E-state index is 12.6. The van der Waals surface area contributed by atoms with Crippen LogP contribution in [0.15, 0.2) is 42.5 Å². The molecule has 0 spiro atoms. The van der Waals surface area contributed by atoms with Gasteiger partial charge in [0.15, 0.2) is 6.10 Å². The van der Waals surface area contributed by atoms with Crippen molar-refractivity contribution in [1.82, 2.24) is 4.90 Å². The maximum absolute atomic E-state index is 12.6. The van der Waals surface area contributed by atoms with Crippen molar-refractivity contribution < 1.29 is 14.3 Å². The first-order chi connectivity index (χ1) is 13.8. The normalized spacial score (nSPS) is 11.6. The summed E-state index contributed by atoms with van der Waals surface area (Å²) in [6.45, 7) is 7.19. The van der Waals surface area contributed by atoms with Gasteiger partial charge >= 0.3 is 0 Å². The average molecular weight is 437 g/mol. The second kappa shape index (κ2) is 11.1. The molecule has 0 radical (unpaired) electrons. The van der Waals surface area contributed by atoms with E-state index in [9.17, 15) is 9.59 Å². The highest BCUT2D eigenvalue weighted by Crippen LogP contribution is 2.28. The van der Waals surface area contributed by atoms with Gasteiger partial charge in [0.25, 0.3) is 11.8 Å². The number of amides is 2. The number of ether oxygens (including phenoxy) is 1. The van der Waals surface area contributed by atoms with Gasteiger partial charge in [-0.25, -0.2) is 0 Å². The van der Waals surface area contributed by atoms with E-state index in [0.717, 1.165) is 25.9 Å². The number of nitrogens with zero attached hydrogens (tertiary/aromatic N) is 1. The van der Waals surface area contributed by atoms with Crippen molar-refractivity contribution >= 4 is 40.7 Å². The molecular formula is C22H26Cl2N2O3. The Labute approximate surface area is 181 Å². The number of nitrogens with one attached hydrogen (secondary N) is 1. The number of rotatable bonds is 9. The minimum Gasteiger partial charge on any atom is -0.479 e. The highest BCUT2D eigenvalue weighted by molar-refractivity contribution is 6.35. The third-order valence-corrected chi connectivity index (χ3v) is 4.77. The van der Waals surface area contributed by atoms with Crippen LogP contribution in [0.5, 0.6) is 5.75 Å². The van der Waals surface area contributed by atoms with Crippen LogP contribution in [0.3, 0.4) is 0 Å². The van der Waals surface area contributed by atoms with Gasteiger partial charge in [0.05, 0.1) is 5.02 Å². The smallest absolute Gasteiger partial charge is 0.265 e. The van der Waals surface area contributed by atoms with E-state index < -0.39 is 6.10 Å². The van der Waals surface area contributed by atoms with Gasteiger partial charge in [0.1, 0.15) is 5.75 Å². The summed E-state index contributed by atoms with van der Waals surface area (Å²) in [6, 6.07) is 11.7. The molecule has 0 aliphatic rings. The Hall–Kier alpha value is -2.24. The van der Waals surface area contributed by atoms with Crippen molar-refractivity contribution in [2.45, 2.75) is 39.7 Å². The monoisotopic (exact) mass is 436 g/mol. The molecule has 1 N–H and O–H groups in total. The fourth-order valence-corrected chi connectivity index (χ4v) is 3.25. The van der Waals surface area contributed by atoms with Crippen LogP contribution in [0.25, 0.3) is 0 Å². The first kappa shape index (κ1) is 23.0.